The molecule has 0 fully saturated rings. The Balaban J connectivity index is 4.53. The topological polar surface area (TPSA) is 0 Å². The molecule has 68 valence electrons. The molecular weight excluding hydrogens is 138 g/mol. The monoisotopic (exact) mass is 159 g/mol. The lowest BCUT2D eigenvalue weighted by Crippen LogP contribution is -2.39. The summed E-state index contributed by atoms with van der Waals surface area (Å²) in [7, 11) is 0. The fraction of sp³-hybridized carbons (Fsp3) is 1.00. The van der Waals surface area contributed by atoms with Crippen molar-refractivity contribution in [3.8, 4) is 0 Å². The zero-order valence-electron chi connectivity index (χ0n) is 8.69. The molecule has 0 atom stereocenters. The quantitative estimate of drug-likeness (QED) is 0.543. The van der Waals surface area contributed by atoms with Crippen molar-refractivity contribution in [3.05, 3.63) is 0 Å². The van der Waals surface area contributed by atoms with E-state index in [0.717, 1.165) is 0 Å². The van der Waals surface area contributed by atoms with Gasteiger partial charge in [-0.2, -0.15) is 0 Å². The molecule has 0 aliphatic carbocycles. The van der Waals surface area contributed by atoms with Crippen LogP contribution in [0.3, 0.4) is 0 Å². The van der Waals surface area contributed by atoms with Crippen molar-refractivity contribution in [2.24, 2.45) is 0 Å². The smallest absolute Gasteiger partial charge is 0.163 e. The van der Waals surface area contributed by atoms with Crippen LogP contribution < -0.4 is 0 Å². The van der Waals surface area contributed by atoms with Crippen LogP contribution in [-0.4, -0.2) is 6.42 Å². The molecule has 11 heavy (non-hydrogen) atoms. The molecule has 0 saturated carbocycles. The van der Waals surface area contributed by atoms with Gasteiger partial charge in [0.05, 0.1) is 0 Å². The van der Waals surface area contributed by atoms with Crippen LogP contribution >= 0.6 is 0 Å². The maximum absolute atomic E-state index is 14.2. The molecule has 0 heterocycles. The first-order chi connectivity index (χ1) is 4.83. The second-order valence-electron chi connectivity index (χ2n) is 4.69. The summed E-state index contributed by atoms with van der Waals surface area (Å²) in [6.45, 7) is 11.9. The van der Waals surface area contributed by atoms with Crippen molar-refractivity contribution < 1.29 is 4.32 Å². The van der Waals surface area contributed by atoms with Crippen LogP contribution in [0.25, 0.3) is 0 Å². The van der Waals surface area contributed by atoms with E-state index in [2.05, 4.69) is 0 Å². The first kappa shape index (κ1) is 11.0. The van der Waals surface area contributed by atoms with Crippen molar-refractivity contribution in [1.82, 2.24) is 0 Å². The van der Waals surface area contributed by atoms with Crippen molar-refractivity contribution in [2.75, 3.05) is 0 Å². The summed E-state index contributed by atoms with van der Waals surface area (Å²) in [6.07, 6.45) is -1.67. The van der Waals surface area contributed by atoms with Gasteiger partial charge in [-0.3, -0.25) is 0 Å². The lowest BCUT2D eigenvalue weighted by atomic mass is 9.24. The second kappa shape index (κ2) is 3.60. The Labute approximate surface area is 70.5 Å². The van der Waals surface area contributed by atoms with Crippen LogP contribution in [-0.2, 0) is 0 Å². The maximum Gasteiger partial charge on any atom is 0.163 e. The van der Waals surface area contributed by atoms with E-state index in [4.69, 9.17) is 0 Å². The summed E-state index contributed by atoms with van der Waals surface area (Å²) in [6, 6.07) is 0. The molecule has 0 aromatic rings. The third kappa shape index (κ3) is 1.97. The van der Waals surface area contributed by atoms with E-state index in [0.29, 0.717) is 0 Å². The van der Waals surface area contributed by atoms with E-state index in [1.54, 1.807) is 0 Å². The molecule has 0 amide bonds. The Hall–Kier alpha value is -0.00506. The average Bonchev–Trinajstić information content (AvgIpc) is 1.84. The van der Waals surface area contributed by atoms with Gasteiger partial charge < -0.3 is 4.32 Å². The third-order valence-corrected chi connectivity index (χ3v) is 3.07. The SMILES string of the molecule is CC(C)[B-](F)(C(C)C)C(C)C. The summed E-state index contributed by atoms with van der Waals surface area (Å²) in [5.41, 5.74) is 0. The van der Waals surface area contributed by atoms with Crippen LogP contribution in [0, 0.1) is 0 Å². The molecule has 0 aliphatic heterocycles. The Kier molecular flexibility index (Phi) is 3.59. The zero-order valence-corrected chi connectivity index (χ0v) is 8.69. The van der Waals surface area contributed by atoms with Crippen LogP contribution in [0.2, 0.25) is 17.5 Å². The molecule has 0 radical (unpaired) electrons. The van der Waals surface area contributed by atoms with Gasteiger partial charge >= 0.3 is 0 Å². The van der Waals surface area contributed by atoms with Crippen LogP contribution in [0.15, 0.2) is 0 Å². The van der Waals surface area contributed by atoms with Crippen molar-refractivity contribution in [1.29, 1.82) is 0 Å². The molecule has 0 bridgehead atoms. The molecule has 0 spiro atoms. The lowest BCUT2D eigenvalue weighted by Gasteiger charge is -2.44. The van der Waals surface area contributed by atoms with Gasteiger partial charge in [-0.15, -0.1) is 17.5 Å². The average molecular weight is 159 g/mol. The van der Waals surface area contributed by atoms with Crippen molar-refractivity contribution >= 4 is 6.42 Å². The summed E-state index contributed by atoms with van der Waals surface area (Å²) in [4.78, 5) is 0. The minimum Gasteiger partial charge on any atom is -0.516 e. The number of halogens is 1. The summed E-state index contributed by atoms with van der Waals surface area (Å²) >= 11 is 0. The van der Waals surface area contributed by atoms with Gasteiger partial charge in [0.25, 0.3) is 0 Å². The Morgan fingerprint density at radius 3 is 0.909 bits per heavy atom. The largest absolute Gasteiger partial charge is 0.516 e. The second-order valence-corrected chi connectivity index (χ2v) is 4.69. The Morgan fingerprint density at radius 2 is 0.909 bits per heavy atom. The molecule has 0 aromatic heterocycles. The van der Waals surface area contributed by atoms with Crippen LogP contribution in [0.5, 0.6) is 0 Å². The van der Waals surface area contributed by atoms with E-state index in [9.17, 15) is 4.32 Å². The van der Waals surface area contributed by atoms with Gasteiger partial charge in [0, 0.05) is 0 Å². The number of hydrogen-bond donors (Lipinski definition) is 0. The van der Waals surface area contributed by atoms with Gasteiger partial charge in [-0.05, 0) is 0 Å². The fourth-order valence-electron chi connectivity index (χ4n) is 2.31. The van der Waals surface area contributed by atoms with E-state index in [1.165, 1.54) is 0 Å². The lowest BCUT2D eigenvalue weighted by molar-refractivity contribution is 0.632. The molecule has 0 unspecified atom stereocenters. The number of hydrogen-bond acceptors (Lipinski definition) is 0. The van der Waals surface area contributed by atoms with E-state index < -0.39 is 6.42 Å². The molecule has 0 saturated heterocycles. The summed E-state index contributed by atoms with van der Waals surface area (Å²) < 4.78 is 14.2. The van der Waals surface area contributed by atoms with Crippen molar-refractivity contribution in [3.63, 3.8) is 0 Å². The van der Waals surface area contributed by atoms with Crippen LogP contribution in [0.1, 0.15) is 41.5 Å². The highest BCUT2D eigenvalue weighted by Crippen LogP contribution is 2.42. The fourth-order valence-corrected chi connectivity index (χ4v) is 2.31. The molecule has 0 nitrogen and oxygen atoms in total. The first-order valence-corrected chi connectivity index (χ1v) is 4.68. The summed E-state index contributed by atoms with van der Waals surface area (Å²) in [5, 5.41) is 0. The highest BCUT2D eigenvalue weighted by atomic mass is 19.1. The zero-order chi connectivity index (χ0) is 9.23. The predicted octanol–water partition coefficient (Wildman–Crippen LogP) is 4.13. The minimum absolute atomic E-state index is 0.176. The summed E-state index contributed by atoms with van der Waals surface area (Å²) in [5.74, 6) is 0.528. The van der Waals surface area contributed by atoms with E-state index in [-0.39, 0.29) is 17.5 Å². The van der Waals surface area contributed by atoms with Gasteiger partial charge in [0.2, 0.25) is 0 Å². The number of rotatable bonds is 3. The van der Waals surface area contributed by atoms with Gasteiger partial charge in [0.1, 0.15) is 0 Å². The van der Waals surface area contributed by atoms with Gasteiger partial charge in [0.15, 0.2) is 6.42 Å². The molecule has 0 aliphatic rings. The third-order valence-electron chi connectivity index (χ3n) is 3.07. The molecule has 0 N–H and O–H groups in total. The van der Waals surface area contributed by atoms with Gasteiger partial charge in [-0.25, -0.2) is 0 Å². The van der Waals surface area contributed by atoms with E-state index >= 15 is 0 Å². The highest BCUT2D eigenvalue weighted by molar-refractivity contribution is 6.77. The van der Waals surface area contributed by atoms with Gasteiger partial charge in [-0.1, -0.05) is 41.5 Å². The Bertz CT molecular complexity index is 97.0. The first-order valence-electron chi connectivity index (χ1n) is 4.68. The predicted molar refractivity (Wildman–Crippen MR) is 52.2 cm³/mol. The maximum atomic E-state index is 14.2. The molecule has 0 rings (SSSR count). The molecule has 0 aromatic carbocycles. The highest BCUT2D eigenvalue weighted by Gasteiger charge is 2.34. The minimum atomic E-state index is -1.67. The van der Waals surface area contributed by atoms with Crippen molar-refractivity contribution in [2.45, 2.75) is 59.0 Å². The molecular formula is C9H21BF-. The Morgan fingerprint density at radius 1 is 0.727 bits per heavy atom. The van der Waals surface area contributed by atoms with Crippen LogP contribution in [0.4, 0.5) is 4.32 Å². The van der Waals surface area contributed by atoms with E-state index in [1.807, 2.05) is 41.5 Å². The molecule has 2 heteroatoms. The normalized spacial score (nSPS) is 13.6. The standard InChI is InChI=1S/C9H21BF/c1-7(2)10(11,8(3)4)9(5)6/h7-9H,1-6H3/q-1.